The van der Waals surface area contributed by atoms with Crippen molar-refractivity contribution in [3.8, 4) is 0 Å². The highest BCUT2D eigenvalue weighted by Gasteiger charge is 2.23. The van der Waals surface area contributed by atoms with E-state index in [9.17, 15) is 8.42 Å². The first-order valence-corrected chi connectivity index (χ1v) is 8.02. The highest BCUT2D eigenvalue weighted by molar-refractivity contribution is 7.89. The first-order valence-electron chi connectivity index (χ1n) is 6.36. The summed E-state index contributed by atoms with van der Waals surface area (Å²) in [7, 11) is -3.04. The second-order valence-electron chi connectivity index (χ2n) is 5.07. The zero-order chi connectivity index (χ0) is 11.4. The predicted octanol–water partition coefficient (Wildman–Crippen LogP) is 1.27. The maximum atomic E-state index is 11.8. The van der Waals surface area contributed by atoms with Crippen molar-refractivity contribution in [2.75, 3.05) is 18.8 Å². The van der Waals surface area contributed by atoms with E-state index < -0.39 is 10.0 Å². The summed E-state index contributed by atoms with van der Waals surface area (Å²) in [6, 6.07) is 0.111. The molecule has 0 spiro atoms. The molecule has 2 N–H and O–H groups in total. The fraction of sp³-hybridized carbons (Fsp3) is 1.00. The van der Waals surface area contributed by atoms with Crippen LogP contribution in [0.5, 0.6) is 0 Å². The Bertz CT molecular complexity index is 311. The minimum atomic E-state index is -3.04. The molecule has 4 nitrogen and oxygen atoms in total. The van der Waals surface area contributed by atoms with Gasteiger partial charge in [-0.3, -0.25) is 0 Å². The minimum Gasteiger partial charge on any atom is -0.315 e. The Hall–Kier alpha value is 0.160. The van der Waals surface area contributed by atoms with Crippen LogP contribution in [0.15, 0.2) is 0 Å². The SMILES string of the molecule is Cl.O=S(=O)(CCC1CCC1)N[C@@H]1CCCNC1. The van der Waals surface area contributed by atoms with E-state index in [0.717, 1.165) is 32.4 Å². The van der Waals surface area contributed by atoms with Crippen LogP contribution in [-0.4, -0.2) is 33.3 Å². The lowest BCUT2D eigenvalue weighted by atomic mass is 9.84. The Balaban J connectivity index is 0.00000144. The quantitative estimate of drug-likeness (QED) is 0.798. The van der Waals surface area contributed by atoms with E-state index in [0.29, 0.717) is 11.7 Å². The lowest BCUT2D eigenvalue weighted by Gasteiger charge is -2.26. The van der Waals surface area contributed by atoms with Crippen LogP contribution in [0.25, 0.3) is 0 Å². The van der Waals surface area contributed by atoms with Crippen LogP contribution >= 0.6 is 12.4 Å². The Morgan fingerprint density at radius 1 is 1.18 bits per heavy atom. The topological polar surface area (TPSA) is 58.2 Å². The molecule has 1 aliphatic carbocycles. The average molecular weight is 283 g/mol. The molecule has 1 saturated heterocycles. The van der Waals surface area contributed by atoms with E-state index in [2.05, 4.69) is 10.0 Å². The van der Waals surface area contributed by atoms with E-state index in [1.165, 1.54) is 19.3 Å². The van der Waals surface area contributed by atoms with Gasteiger partial charge in [-0.15, -0.1) is 12.4 Å². The third-order valence-corrected chi connectivity index (χ3v) is 5.13. The molecule has 0 aromatic carbocycles. The molecule has 0 radical (unpaired) electrons. The Morgan fingerprint density at radius 2 is 1.94 bits per heavy atom. The molecule has 0 amide bonds. The lowest BCUT2D eigenvalue weighted by molar-refractivity contribution is 0.307. The normalized spacial score (nSPS) is 26.0. The van der Waals surface area contributed by atoms with Gasteiger partial charge in [0.2, 0.25) is 10.0 Å². The summed E-state index contributed by atoms with van der Waals surface area (Å²) >= 11 is 0. The first-order chi connectivity index (χ1) is 7.66. The molecule has 2 aliphatic rings. The summed E-state index contributed by atoms with van der Waals surface area (Å²) < 4.78 is 26.4. The molecule has 0 aromatic rings. The van der Waals surface area contributed by atoms with Crippen molar-refractivity contribution in [2.45, 2.75) is 44.6 Å². The number of sulfonamides is 1. The van der Waals surface area contributed by atoms with Crippen LogP contribution < -0.4 is 10.0 Å². The van der Waals surface area contributed by atoms with Gasteiger partial charge in [0.15, 0.2) is 0 Å². The molecule has 1 aliphatic heterocycles. The van der Waals surface area contributed by atoms with Gasteiger partial charge >= 0.3 is 0 Å². The molecule has 102 valence electrons. The van der Waals surface area contributed by atoms with Crippen LogP contribution in [0, 0.1) is 5.92 Å². The zero-order valence-corrected chi connectivity index (χ0v) is 11.8. The third-order valence-electron chi connectivity index (χ3n) is 3.66. The maximum absolute atomic E-state index is 11.8. The van der Waals surface area contributed by atoms with E-state index in [-0.39, 0.29) is 18.4 Å². The van der Waals surface area contributed by atoms with Gasteiger partial charge in [-0.1, -0.05) is 19.3 Å². The molecule has 2 fully saturated rings. The van der Waals surface area contributed by atoms with Crippen molar-refractivity contribution in [3.05, 3.63) is 0 Å². The number of nitrogens with one attached hydrogen (secondary N) is 2. The van der Waals surface area contributed by atoms with Crippen molar-refractivity contribution in [3.63, 3.8) is 0 Å². The van der Waals surface area contributed by atoms with Crippen LogP contribution in [0.4, 0.5) is 0 Å². The molecule has 1 saturated carbocycles. The molecule has 6 heteroatoms. The van der Waals surface area contributed by atoms with Crippen molar-refractivity contribution in [1.29, 1.82) is 0 Å². The lowest BCUT2D eigenvalue weighted by Crippen LogP contribution is -2.46. The van der Waals surface area contributed by atoms with E-state index in [1.807, 2.05) is 0 Å². The fourth-order valence-electron chi connectivity index (χ4n) is 2.37. The summed E-state index contributed by atoms with van der Waals surface area (Å²) in [6.07, 6.45) is 6.60. The zero-order valence-electron chi connectivity index (χ0n) is 10.2. The number of hydrogen-bond donors (Lipinski definition) is 2. The summed E-state index contributed by atoms with van der Waals surface area (Å²) in [5.41, 5.74) is 0. The highest BCUT2D eigenvalue weighted by Crippen LogP contribution is 2.29. The second-order valence-corrected chi connectivity index (χ2v) is 6.94. The predicted molar refractivity (Wildman–Crippen MR) is 72.0 cm³/mol. The summed E-state index contributed by atoms with van der Waals surface area (Å²) in [5.74, 6) is 0.981. The molecular weight excluding hydrogens is 260 g/mol. The fourth-order valence-corrected chi connectivity index (χ4v) is 3.84. The molecule has 17 heavy (non-hydrogen) atoms. The van der Waals surface area contributed by atoms with Gasteiger partial charge in [0.05, 0.1) is 5.75 Å². The average Bonchev–Trinajstić information content (AvgIpc) is 2.15. The van der Waals surface area contributed by atoms with Crippen LogP contribution in [0.1, 0.15) is 38.5 Å². The van der Waals surface area contributed by atoms with Crippen molar-refractivity contribution < 1.29 is 8.42 Å². The number of hydrogen-bond acceptors (Lipinski definition) is 3. The van der Waals surface area contributed by atoms with Gasteiger partial charge in [0.25, 0.3) is 0 Å². The van der Waals surface area contributed by atoms with E-state index >= 15 is 0 Å². The molecule has 0 unspecified atom stereocenters. The number of piperidine rings is 1. The van der Waals surface area contributed by atoms with Gasteiger partial charge in [-0.2, -0.15) is 0 Å². The maximum Gasteiger partial charge on any atom is 0.211 e. The van der Waals surface area contributed by atoms with Crippen molar-refractivity contribution in [1.82, 2.24) is 10.0 Å². The van der Waals surface area contributed by atoms with Gasteiger partial charge in [-0.25, -0.2) is 13.1 Å². The second kappa shape index (κ2) is 6.92. The third kappa shape index (κ3) is 5.12. The number of rotatable bonds is 5. The number of halogens is 1. The molecule has 1 heterocycles. The van der Waals surface area contributed by atoms with Crippen molar-refractivity contribution in [2.24, 2.45) is 5.92 Å². The van der Waals surface area contributed by atoms with Gasteiger partial charge in [-0.05, 0) is 31.7 Å². The molecular formula is C11H23ClN2O2S. The van der Waals surface area contributed by atoms with Gasteiger partial charge in [0, 0.05) is 12.6 Å². The minimum absolute atomic E-state index is 0. The monoisotopic (exact) mass is 282 g/mol. The Labute approximate surface area is 110 Å². The standard InChI is InChI=1S/C11H22N2O2S.ClH/c14-16(15,8-6-10-3-1-4-10)13-11-5-2-7-12-9-11;/h10-13H,1-9H2;1H/t11-;/m1./s1. The van der Waals surface area contributed by atoms with E-state index in [4.69, 9.17) is 0 Å². The van der Waals surface area contributed by atoms with Crippen LogP contribution in [0.2, 0.25) is 0 Å². The summed E-state index contributed by atoms with van der Waals surface area (Å²) in [6.45, 7) is 1.79. The van der Waals surface area contributed by atoms with Crippen LogP contribution in [-0.2, 0) is 10.0 Å². The van der Waals surface area contributed by atoms with Crippen LogP contribution in [0.3, 0.4) is 0 Å². The first kappa shape index (κ1) is 15.2. The van der Waals surface area contributed by atoms with Gasteiger partial charge < -0.3 is 5.32 Å². The van der Waals surface area contributed by atoms with Crippen molar-refractivity contribution >= 4 is 22.4 Å². The molecule has 2 rings (SSSR count). The molecule has 0 aromatic heterocycles. The summed E-state index contributed by atoms with van der Waals surface area (Å²) in [4.78, 5) is 0. The smallest absolute Gasteiger partial charge is 0.211 e. The Morgan fingerprint density at radius 3 is 2.47 bits per heavy atom. The van der Waals surface area contributed by atoms with Gasteiger partial charge in [0.1, 0.15) is 0 Å². The summed E-state index contributed by atoms with van der Waals surface area (Å²) in [5, 5.41) is 3.22. The Kier molecular flexibility index (Phi) is 6.20. The molecule has 1 atom stereocenters. The largest absolute Gasteiger partial charge is 0.315 e. The highest BCUT2D eigenvalue weighted by atomic mass is 35.5. The molecule has 0 bridgehead atoms. The van der Waals surface area contributed by atoms with E-state index in [1.54, 1.807) is 0 Å².